The quantitative estimate of drug-likeness (QED) is 0.370. The van der Waals surface area contributed by atoms with Crippen LogP contribution in [0, 0.1) is 5.92 Å². The first-order chi connectivity index (χ1) is 12.3. The van der Waals surface area contributed by atoms with E-state index in [1.807, 2.05) is 18.8 Å². The van der Waals surface area contributed by atoms with Crippen LogP contribution in [-0.4, -0.2) is 43.7 Å². The van der Waals surface area contributed by atoms with Crippen LogP contribution in [0.15, 0.2) is 35.3 Å². The van der Waals surface area contributed by atoms with Crippen molar-refractivity contribution in [3.8, 4) is 0 Å². The normalized spacial score (nSPS) is 29.1. The average molecular weight is 489 g/mol. The maximum Gasteiger partial charge on any atom is 0.191 e. The van der Waals surface area contributed by atoms with Crippen molar-refractivity contribution >= 4 is 41.7 Å². The van der Waals surface area contributed by atoms with Crippen molar-refractivity contribution in [3.05, 3.63) is 35.9 Å². The van der Waals surface area contributed by atoms with Crippen LogP contribution >= 0.6 is 35.7 Å². The van der Waals surface area contributed by atoms with Gasteiger partial charge in [-0.1, -0.05) is 36.8 Å². The maximum absolute atomic E-state index is 5.99. The second-order valence-electron chi connectivity index (χ2n) is 7.07. The molecule has 0 amide bonds. The summed E-state index contributed by atoms with van der Waals surface area (Å²) in [5.74, 6) is 1.43. The van der Waals surface area contributed by atoms with Gasteiger partial charge in [-0.25, -0.2) is 0 Å². The topological polar surface area (TPSA) is 45.7 Å². The average Bonchev–Trinajstić information content (AvgIpc) is 3.14. The van der Waals surface area contributed by atoms with Crippen molar-refractivity contribution < 1.29 is 4.74 Å². The lowest BCUT2D eigenvalue weighted by atomic mass is 9.94. The minimum absolute atomic E-state index is 0. The van der Waals surface area contributed by atoms with E-state index in [1.54, 1.807) is 0 Å². The van der Waals surface area contributed by atoms with Gasteiger partial charge in [-0.05, 0) is 37.5 Å². The Balaban J connectivity index is 0.00000243. The highest BCUT2D eigenvalue weighted by Gasteiger charge is 2.30. The highest BCUT2D eigenvalue weighted by Crippen LogP contribution is 2.34. The molecule has 1 heterocycles. The Morgan fingerprint density at radius 2 is 2.04 bits per heavy atom. The van der Waals surface area contributed by atoms with Crippen LogP contribution in [0.5, 0.6) is 0 Å². The molecule has 0 radical (unpaired) electrons. The molecule has 4 unspecified atom stereocenters. The van der Waals surface area contributed by atoms with E-state index in [0.29, 0.717) is 12.0 Å². The van der Waals surface area contributed by atoms with Gasteiger partial charge in [0.1, 0.15) is 0 Å². The summed E-state index contributed by atoms with van der Waals surface area (Å²) in [5, 5.41) is 7.96. The summed E-state index contributed by atoms with van der Waals surface area (Å²) in [7, 11) is 1.87. The third kappa shape index (κ3) is 6.02. The Hall–Kier alpha value is -0.470. The SMILES string of the molecule is CN=C(NCC1CCOC1c1ccccc1)NC1CCCC(SC)C1.I. The van der Waals surface area contributed by atoms with E-state index in [0.717, 1.165) is 30.8 Å². The summed E-state index contributed by atoms with van der Waals surface area (Å²) >= 11 is 2.00. The number of benzene rings is 1. The number of hydrogen-bond donors (Lipinski definition) is 2. The zero-order valence-corrected chi connectivity index (χ0v) is 19.0. The molecule has 1 aromatic rings. The molecule has 2 aliphatic rings. The fourth-order valence-corrected chi connectivity index (χ4v) is 4.79. The summed E-state index contributed by atoms with van der Waals surface area (Å²) in [4.78, 5) is 4.44. The Morgan fingerprint density at radius 1 is 1.23 bits per heavy atom. The number of rotatable bonds is 5. The minimum Gasteiger partial charge on any atom is -0.373 e. The largest absolute Gasteiger partial charge is 0.373 e. The summed E-state index contributed by atoms with van der Waals surface area (Å²) < 4.78 is 5.99. The molecule has 2 N–H and O–H groups in total. The molecule has 1 saturated carbocycles. The number of thioether (sulfide) groups is 1. The first-order valence-corrected chi connectivity index (χ1v) is 10.8. The van der Waals surface area contributed by atoms with Gasteiger partial charge in [-0.3, -0.25) is 4.99 Å². The van der Waals surface area contributed by atoms with Crippen molar-refractivity contribution in [2.24, 2.45) is 10.9 Å². The van der Waals surface area contributed by atoms with E-state index in [1.165, 1.54) is 31.2 Å². The highest BCUT2D eigenvalue weighted by atomic mass is 127. The fraction of sp³-hybridized carbons (Fsp3) is 0.650. The number of nitrogens with one attached hydrogen (secondary N) is 2. The van der Waals surface area contributed by atoms with Crippen molar-refractivity contribution in [2.45, 2.75) is 49.5 Å². The van der Waals surface area contributed by atoms with Gasteiger partial charge < -0.3 is 15.4 Å². The summed E-state index contributed by atoms with van der Waals surface area (Å²) in [6.07, 6.45) is 8.67. The molecule has 2 fully saturated rings. The lowest BCUT2D eigenvalue weighted by Gasteiger charge is -2.30. The molecule has 4 nitrogen and oxygen atoms in total. The number of guanidine groups is 1. The molecule has 0 bridgehead atoms. The van der Waals surface area contributed by atoms with Gasteiger partial charge in [-0.15, -0.1) is 24.0 Å². The van der Waals surface area contributed by atoms with Crippen molar-refractivity contribution in [3.63, 3.8) is 0 Å². The van der Waals surface area contributed by atoms with Crippen LogP contribution in [0.2, 0.25) is 0 Å². The van der Waals surface area contributed by atoms with Crippen molar-refractivity contribution in [1.82, 2.24) is 10.6 Å². The second-order valence-corrected chi connectivity index (χ2v) is 8.21. The fourth-order valence-electron chi connectivity index (χ4n) is 3.96. The molecule has 4 atom stereocenters. The number of hydrogen-bond acceptors (Lipinski definition) is 3. The van der Waals surface area contributed by atoms with Gasteiger partial charge in [0.05, 0.1) is 6.10 Å². The predicted molar refractivity (Wildman–Crippen MR) is 123 cm³/mol. The van der Waals surface area contributed by atoms with E-state index >= 15 is 0 Å². The Morgan fingerprint density at radius 3 is 2.77 bits per heavy atom. The monoisotopic (exact) mass is 489 g/mol. The van der Waals surface area contributed by atoms with E-state index < -0.39 is 0 Å². The van der Waals surface area contributed by atoms with Crippen molar-refractivity contribution in [2.75, 3.05) is 26.5 Å². The molecular weight excluding hydrogens is 457 g/mol. The van der Waals surface area contributed by atoms with Crippen LogP contribution in [0.1, 0.15) is 43.8 Å². The Kier molecular flexibility index (Phi) is 9.56. The van der Waals surface area contributed by atoms with Crippen LogP contribution in [-0.2, 0) is 4.74 Å². The molecule has 1 aliphatic heterocycles. The highest BCUT2D eigenvalue weighted by molar-refractivity contribution is 14.0. The first-order valence-electron chi connectivity index (χ1n) is 9.46. The predicted octanol–water partition coefficient (Wildman–Crippen LogP) is 4.22. The molecule has 3 rings (SSSR count). The molecule has 1 aromatic carbocycles. The second kappa shape index (κ2) is 11.4. The van der Waals surface area contributed by atoms with Gasteiger partial charge in [0.15, 0.2) is 5.96 Å². The molecule has 6 heteroatoms. The number of aliphatic imine (C=N–C) groups is 1. The number of ether oxygens (including phenoxy) is 1. The number of halogens is 1. The van der Waals surface area contributed by atoms with Crippen LogP contribution < -0.4 is 10.6 Å². The molecule has 26 heavy (non-hydrogen) atoms. The summed E-state index contributed by atoms with van der Waals surface area (Å²) in [6.45, 7) is 1.74. The van der Waals surface area contributed by atoms with Crippen LogP contribution in [0.3, 0.4) is 0 Å². The van der Waals surface area contributed by atoms with E-state index in [4.69, 9.17) is 4.74 Å². The van der Waals surface area contributed by atoms with E-state index in [-0.39, 0.29) is 30.1 Å². The summed E-state index contributed by atoms with van der Waals surface area (Å²) in [6, 6.07) is 11.1. The van der Waals surface area contributed by atoms with Gasteiger partial charge >= 0.3 is 0 Å². The molecule has 1 saturated heterocycles. The summed E-state index contributed by atoms with van der Waals surface area (Å²) in [5.41, 5.74) is 1.28. The van der Waals surface area contributed by atoms with Crippen molar-refractivity contribution in [1.29, 1.82) is 0 Å². The molecule has 146 valence electrons. The van der Waals surface area contributed by atoms with Gasteiger partial charge in [0.2, 0.25) is 0 Å². The smallest absolute Gasteiger partial charge is 0.191 e. The number of nitrogens with zero attached hydrogens (tertiary/aromatic N) is 1. The standard InChI is InChI=1S/C20H31N3OS.HI/c1-21-20(23-17-9-6-10-18(13-17)25-2)22-14-16-11-12-24-19(16)15-7-4-3-5-8-15;/h3-5,7-8,16-19H,6,9-14H2,1-2H3,(H2,21,22,23);1H. The maximum atomic E-state index is 5.99. The third-order valence-electron chi connectivity index (χ3n) is 5.40. The molecular formula is C20H32IN3OS. The van der Waals surface area contributed by atoms with E-state index in [2.05, 4.69) is 52.2 Å². The van der Waals surface area contributed by atoms with E-state index in [9.17, 15) is 0 Å². The van der Waals surface area contributed by atoms with Gasteiger partial charge in [0, 0.05) is 37.4 Å². The van der Waals surface area contributed by atoms with Crippen LogP contribution in [0.4, 0.5) is 0 Å². The zero-order chi connectivity index (χ0) is 17.5. The lowest BCUT2D eigenvalue weighted by Crippen LogP contribution is -2.47. The first kappa shape index (κ1) is 21.8. The zero-order valence-electron chi connectivity index (χ0n) is 15.8. The lowest BCUT2D eigenvalue weighted by molar-refractivity contribution is 0.0915. The van der Waals surface area contributed by atoms with Gasteiger partial charge in [-0.2, -0.15) is 11.8 Å². The Labute approximate surface area is 179 Å². The minimum atomic E-state index is 0. The van der Waals surface area contributed by atoms with Crippen LogP contribution in [0.25, 0.3) is 0 Å². The third-order valence-corrected chi connectivity index (χ3v) is 6.49. The Bertz CT molecular complexity index is 557. The molecule has 1 aliphatic carbocycles. The molecule has 0 aromatic heterocycles. The molecule has 0 spiro atoms. The van der Waals surface area contributed by atoms with Gasteiger partial charge in [0.25, 0.3) is 0 Å².